The van der Waals surface area contributed by atoms with Crippen LogP contribution in [0.5, 0.6) is 5.75 Å². The van der Waals surface area contributed by atoms with Crippen molar-refractivity contribution >= 4 is 11.6 Å². The molecule has 18 heavy (non-hydrogen) atoms. The highest BCUT2D eigenvalue weighted by Crippen LogP contribution is 2.19. The van der Waals surface area contributed by atoms with Gasteiger partial charge in [0.05, 0.1) is 18.1 Å². The topological polar surface area (TPSA) is 9.23 Å². The maximum absolute atomic E-state index is 13.1. The van der Waals surface area contributed by atoms with Gasteiger partial charge in [-0.1, -0.05) is 25.7 Å². The maximum Gasteiger partial charge on any atom is 0.135 e. The normalized spacial score (nSPS) is 10.1. The number of alkyl halides is 1. The Labute approximate surface area is 113 Å². The quantitative estimate of drug-likeness (QED) is 0.441. The van der Waals surface area contributed by atoms with E-state index in [9.17, 15) is 4.39 Å². The van der Waals surface area contributed by atoms with Crippen LogP contribution in [0.25, 0.3) is 0 Å². The minimum Gasteiger partial charge on any atom is -0.492 e. The summed E-state index contributed by atoms with van der Waals surface area (Å²) in [5.74, 6) is 6.71. The number of hydrogen-bond acceptors (Lipinski definition) is 1. The molecule has 0 spiro atoms. The fourth-order valence-electron chi connectivity index (χ4n) is 1.53. The van der Waals surface area contributed by atoms with Crippen molar-refractivity contribution in [1.29, 1.82) is 0 Å². The predicted octanol–water partition coefficient (Wildman–Crippen LogP) is 4.23. The Bertz CT molecular complexity index is 432. The second-order valence-corrected chi connectivity index (χ2v) is 4.73. The molecule has 1 rings (SSSR count). The van der Waals surface area contributed by atoms with Gasteiger partial charge in [-0.25, -0.2) is 4.39 Å². The van der Waals surface area contributed by atoms with Crippen molar-refractivity contribution in [3.8, 4) is 17.6 Å². The van der Waals surface area contributed by atoms with Gasteiger partial charge in [0.15, 0.2) is 0 Å². The first-order valence-corrected chi connectivity index (χ1v) is 6.64. The summed E-state index contributed by atoms with van der Waals surface area (Å²) in [5, 5.41) is 0. The minimum absolute atomic E-state index is 0.225. The lowest BCUT2D eigenvalue weighted by Crippen LogP contribution is -2.01. The molecule has 0 N–H and O–H groups in total. The molecule has 1 aromatic rings. The highest BCUT2D eigenvalue weighted by Gasteiger charge is 2.03. The van der Waals surface area contributed by atoms with E-state index in [1.807, 2.05) is 0 Å². The molecule has 0 fully saturated rings. The number of rotatable bonds is 5. The molecular formula is C15H18ClFO. The fraction of sp³-hybridized carbons (Fsp3) is 0.467. The van der Waals surface area contributed by atoms with E-state index in [4.69, 9.17) is 16.3 Å². The zero-order chi connectivity index (χ0) is 13.4. The molecule has 1 nitrogen and oxygen atoms in total. The molecule has 0 atom stereocenters. The van der Waals surface area contributed by atoms with Crippen molar-refractivity contribution in [2.45, 2.75) is 26.7 Å². The Hall–Kier alpha value is -1.20. The summed E-state index contributed by atoms with van der Waals surface area (Å²) in [6.45, 7) is 4.98. The van der Waals surface area contributed by atoms with Crippen molar-refractivity contribution in [3.05, 3.63) is 29.6 Å². The summed E-state index contributed by atoms with van der Waals surface area (Å²) < 4.78 is 18.7. The summed E-state index contributed by atoms with van der Waals surface area (Å²) in [7, 11) is 0. The molecule has 0 aliphatic carbocycles. The van der Waals surface area contributed by atoms with Gasteiger partial charge in [0.1, 0.15) is 11.6 Å². The van der Waals surface area contributed by atoms with E-state index in [1.165, 1.54) is 12.1 Å². The van der Waals surface area contributed by atoms with Gasteiger partial charge in [-0.3, -0.25) is 0 Å². The van der Waals surface area contributed by atoms with Crippen LogP contribution in [0.3, 0.4) is 0 Å². The average Bonchev–Trinajstić information content (AvgIpc) is 2.33. The monoisotopic (exact) mass is 268 g/mol. The molecule has 0 unspecified atom stereocenters. The Balaban J connectivity index is 2.63. The van der Waals surface area contributed by atoms with Crippen LogP contribution in [0.15, 0.2) is 18.2 Å². The summed E-state index contributed by atoms with van der Waals surface area (Å²) in [6, 6.07) is 4.37. The second-order valence-electron chi connectivity index (χ2n) is 4.46. The van der Waals surface area contributed by atoms with Gasteiger partial charge in [0.25, 0.3) is 0 Å². The van der Waals surface area contributed by atoms with Gasteiger partial charge in [0.2, 0.25) is 0 Å². The number of benzene rings is 1. The number of halogens is 2. The Kier molecular flexibility index (Phi) is 6.60. The summed E-state index contributed by atoms with van der Waals surface area (Å²) in [6.07, 6.45) is 2.10. The smallest absolute Gasteiger partial charge is 0.135 e. The molecular weight excluding hydrogens is 251 g/mol. The van der Waals surface area contributed by atoms with Crippen LogP contribution in [-0.2, 0) is 0 Å². The average molecular weight is 269 g/mol. The second kappa shape index (κ2) is 8.00. The van der Waals surface area contributed by atoms with Crippen molar-refractivity contribution in [2.75, 3.05) is 12.5 Å². The van der Waals surface area contributed by atoms with E-state index in [-0.39, 0.29) is 11.7 Å². The van der Waals surface area contributed by atoms with Crippen molar-refractivity contribution in [3.63, 3.8) is 0 Å². The lowest BCUT2D eigenvalue weighted by molar-refractivity contribution is 0.296. The van der Waals surface area contributed by atoms with Crippen molar-refractivity contribution < 1.29 is 9.13 Å². The van der Waals surface area contributed by atoms with Gasteiger partial charge >= 0.3 is 0 Å². The summed E-state index contributed by atoms with van der Waals surface area (Å²) in [5.41, 5.74) is 0.556. The van der Waals surface area contributed by atoms with Crippen LogP contribution in [-0.4, -0.2) is 12.5 Å². The lowest BCUT2D eigenvalue weighted by atomic mass is 10.1. The number of ether oxygens (including phenoxy) is 1. The first-order valence-electron chi connectivity index (χ1n) is 6.10. The summed E-state index contributed by atoms with van der Waals surface area (Å²) in [4.78, 5) is 0. The maximum atomic E-state index is 13.1. The largest absolute Gasteiger partial charge is 0.492 e. The first kappa shape index (κ1) is 14.9. The minimum atomic E-state index is -0.316. The summed E-state index contributed by atoms with van der Waals surface area (Å²) >= 11 is 5.50. The molecule has 0 saturated heterocycles. The molecule has 98 valence electrons. The first-order chi connectivity index (χ1) is 8.63. The SMILES string of the molecule is CC(C)CCCOc1ccc(F)cc1C#CCCl. The third-order valence-electron chi connectivity index (χ3n) is 2.41. The molecule has 0 radical (unpaired) electrons. The van der Waals surface area contributed by atoms with Crippen LogP contribution < -0.4 is 4.74 Å². The zero-order valence-corrected chi connectivity index (χ0v) is 11.6. The third-order valence-corrected chi connectivity index (χ3v) is 2.55. The molecule has 0 aliphatic rings. The van der Waals surface area contributed by atoms with E-state index in [2.05, 4.69) is 25.7 Å². The van der Waals surface area contributed by atoms with Crippen molar-refractivity contribution in [2.24, 2.45) is 5.92 Å². The molecule has 0 heterocycles. The Morgan fingerprint density at radius 2 is 2.17 bits per heavy atom. The van der Waals surface area contributed by atoms with E-state index in [1.54, 1.807) is 6.07 Å². The molecule has 0 aromatic heterocycles. The molecule has 0 saturated carbocycles. The molecule has 0 aliphatic heterocycles. The fourth-order valence-corrected chi connectivity index (χ4v) is 1.59. The number of hydrogen-bond donors (Lipinski definition) is 0. The third kappa shape index (κ3) is 5.42. The standard InChI is InChI=1S/C15H18ClFO/c1-12(2)5-4-10-18-15-8-7-14(17)11-13(15)6-3-9-16/h7-8,11-12H,4-5,9-10H2,1-2H3. The van der Waals surface area contributed by atoms with Gasteiger partial charge in [-0.05, 0) is 37.0 Å². The van der Waals surface area contributed by atoms with Crippen LogP contribution in [0.1, 0.15) is 32.3 Å². The van der Waals surface area contributed by atoms with E-state index >= 15 is 0 Å². The van der Waals surface area contributed by atoms with Crippen LogP contribution in [0.4, 0.5) is 4.39 Å². The lowest BCUT2D eigenvalue weighted by Gasteiger charge is -2.09. The van der Waals surface area contributed by atoms with Crippen molar-refractivity contribution in [1.82, 2.24) is 0 Å². The van der Waals surface area contributed by atoms with Crippen LogP contribution >= 0.6 is 11.6 Å². The molecule has 0 bridgehead atoms. The van der Waals surface area contributed by atoms with E-state index < -0.39 is 0 Å². The van der Waals surface area contributed by atoms with Gasteiger partial charge < -0.3 is 4.74 Å². The highest BCUT2D eigenvalue weighted by molar-refractivity contribution is 6.19. The van der Waals surface area contributed by atoms with Crippen LogP contribution in [0, 0.1) is 23.6 Å². The van der Waals surface area contributed by atoms with Gasteiger partial charge in [-0.2, -0.15) is 0 Å². The zero-order valence-electron chi connectivity index (χ0n) is 10.8. The van der Waals surface area contributed by atoms with E-state index in [0.29, 0.717) is 23.8 Å². The molecule has 0 amide bonds. The Morgan fingerprint density at radius 1 is 1.39 bits per heavy atom. The molecule has 3 heteroatoms. The highest BCUT2D eigenvalue weighted by atomic mass is 35.5. The predicted molar refractivity (Wildman–Crippen MR) is 73.6 cm³/mol. The molecule has 1 aromatic carbocycles. The van der Waals surface area contributed by atoms with Gasteiger partial charge in [0, 0.05) is 0 Å². The Morgan fingerprint density at radius 3 is 2.83 bits per heavy atom. The van der Waals surface area contributed by atoms with Gasteiger partial charge in [-0.15, -0.1) is 11.6 Å². The van der Waals surface area contributed by atoms with E-state index in [0.717, 1.165) is 12.8 Å². The van der Waals surface area contributed by atoms with Crippen LogP contribution in [0.2, 0.25) is 0 Å².